The van der Waals surface area contributed by atoms with Crippen molar-refractivity contribution in [3.63, 3.8) is 0 Å². The molecule has 6 nitrogen and oxygen atoms in total. The van der Waals surface area contributed by atoms with Gasteiger partial charge < -0.3 is 10.5 Å². The number of ether oxygens (including phenoxy) is 1. The number of non-ortho nitro benzene ring substituents is 1. The Balaban J connectivity index is 2.34. The van der Waals surface area contributed by atoms with Gasteiger partial charge in [-0.1, -0.05) is 12.1 Å². The van der Waals surface area contributed by atoms with E-state index in [1.54, 1.807) is 12.1 Å². The molecule has 2 rings (SSSR count). The van der Waals surface area contributed by atoms with E-state index in [0.29, 0.717) is 17.1 Å². The lowest BCUT2D eigenvalue weighted by molar-refractivity contribution is -0.384. The van der Waals surface area contributed by atoms with E-state index in [1.807, 2.05) is 13.0 Å². The predicted octanol–water partition coefficient (Wildman–Crippen LogP) is 2.98. The summed E-state index contributed by atoms with van der Waals surface area (Å²) < 4.78 is 5.69. The highest BCUT2D eigenvalue weighted by Gasteiger charge is 2.11. The van der Waals surface area contributed by atoms with Crippen molar-refractivity contribution in [1.29, 1.82) is 5.41 Å². The highest BCUT2D eigenvalue weighted by molar-refractivity contribution is 5.98. The number of rotatable bonds is 4. The van der Waals surface area contributed by atoms with Gasteiger partial charge in [0.25, 0.3) is 5.69 Å². The Labute approximate surface area is 115 Å². The number of nitro groups is 1. The number of hydrogen-bond acceptors (Lipinski definition) is 4. The van der Waals surface area contributed by atoms with Crippen LogP contribution in [-0.2, 0) is 0 Å². The van der Waals surface area contributed by atoms with E-state index in [2.05, 4.69) is 0 Å². The number of aryl methyl sites for hydroxylation is 1. The van der Waals surface area contributed by atoms with E-state index in [-0.39, 0.29) is 11.5 Å². The molecule has 2 aromatic rings. The van der Waals surface area contributed by atoms with Crippen LogP contribution >= 0.6 is 0 Å². The zero-order valence-electron chi connectivity index (χ0n) is 10.8. The Kier molecular flexibility index (Phi) is 3.65. The van der Waals surface area contributed by atoms with Crippen LogP contribution in [0.2, 0.25) is 0 Å². The quantitative estimate of drug-likeness (QED) is 0.386. The van der Waals surface area contributed by atoms with Gasteiger partial charge in [0.2, 0.25) is 0 Å². The summed E-state index contributed by atoms with van der Waals surface area (Å²) in [6.07, 6.45) is 0. The summed E-state index contributed by atoms with van der Waals surface area (Å²) in [6.45, 7) is 1.84. The van der Waals surface area contributed by atoms with Crippen molar-refractivity contribution in [2.24, 2.45) is 5.73 Å². The number of para-hydroxylation sites is 1. The SMILES string of the molecule is Cc1cccc(C(=N)N)c1Oc1ccc([N+](=O)[O-])cc1. The Hall–Kier alpha value is -2.89. The van der Waals surface area contributed by atoms with Gasteiger partial charge in [0.05, 0.1) is 10.5 Å². The molecule has 0 aliphatic carbocycles. The lowest BCUT2D eigenvalue weighted by Gasteiger charge is -2.12. The zero-order valence-corrected chi connectivity index (χ0v) is 10.8. The van der Waals surface area contributed by atoms with Crippen molar-refractivity contribution >= 4 is 11.5 Å². The summed E-state index contributed by atoms with van der Waals surface area (Å²) in [7, 11) is 0. The maximum absolute atomic E-state index is 10.6. The van der Waals surface area contributed by atoms with Crippen molar-refractivity contribution in [1.82, 2.24) is 0 Å². The summed E-state index contributed by atoms with van der Waals surface area (Å²) in [4.78, 5) is 10.1. The molecule has 0 saturated heterocycles. The van der Waals surface area contributed by atoms with Gasteiger partial charge in [-0.3, -0.25) is 15.5 Å². The van der Waals surface area contributed by atoms with Crippen molar-refractivity contribution in [2.75, 3.05) is 0 Å². The van der Waals surface area contributed by atoms with E-state index in [1.165, 1.54) is 24.3 Å². The first-order chi connectivity index (χ1) is 9.49. The Morgan fingerprint density at radius 3 is 2.45 bits per heavy atom. The third kappa shape index (κ3) is 2.74. The number of nitro benzene ring substituents is 1. The molecule has 0 fully saturated rings. The van der Waals surface area contributed by atoms with E-state index in [9.17, 15) is 10.1 Å². The largest absolute Gasteiger partial charge is 0.456 e. The normalized spacial score (nSPS) is 10.1. The van der Waals surface area contributed by atoms with Gasteiger partial charge in [-0.15, -0.1) is 0 Å². The fraction of sp³-hybridized carbons (Fsp3) is 0.0714. The maximum atomic E-state index is 10.6. The van der Waals surface area contributed by atoms with Gasteiger partial charge in [-0.2, -0.15) is 0 Å². The number of nitrogens with two attached hydrogens (primary N) is 1. The number of benzene rings is 2. The molecule has 6 heteroatoms. The number of nitrogens with zero attached hydrogens (tertiary/aromatic N) is 1. The highest BCUT2D eigenvalue weighted by atomic mass is 16.6. The minimum Gasteiger partial charge on any atom is -0.456 e. The number of amidine groups is 1. The van der Waals surface area contributed by atoms with Crippen LogP contribution in [0.5, 0.6) is 11.5 Å². The van der Waals surface area contributed by atoms with E-state index >= 15 is 0 Å². The third-order valence-electron chi connectivity index (χ3n) is 2.77. The average Bonchev–Trinajstić information content (AvgIpc) is 2.41. The van der Waals surface area contributed by atoms with E-state index in [0.717, 1.165) is 5.56 Å². The van der Waals surface area contributed by atoms with Crippen molar-refractivity contribution < 1.29 is 9.66 Å². The van der Waals surface area contributed by atoms with Crippen LogP contribution in [0.15, 0.2) is 42.5 Å². The fourth-order valence-corrected chi connectivity index (χ4v) is 1.75. The van der Waals surface area contributed by atoms with Gasteiger partial charge in [0, 0.05) is 12.1 Å². The topological polar surface area (TPSA) is 102 Å². The Bertz CT molecular complexity index is 666. The molecular formula is C14H13N3O3. The molecule has 0 amide bonds. The smallest absolute Gasteiger partial charge is 0.269 e. The first-order valence-corrected chi connectivity index (χ1v) is 5.85. The Morgan fingerprint density at radius 2 is 1.90 bits per heavy atom. The molecule has 0 atom stereocenters. The molecule has 0 spiro atoms. The van der Waals surface area contributed by atoms with Crippen LogP contribution < -0.4 is 10.5 Å². The average molecular weight is 271 g/mol. The highest BCUT2D eigenvalue weighted by Crippen LogP contribution is 2.29. The third-order valence-corrected chi connectivity index (χ3v) is 2.77. The molecule has 102 valence electrons. The monoisotopic (exact) mass is 271 g/mol. The molecule has 0 radical (unpaired) electrons. The molecule has 3 N–H and O–H groups in total. The lowest BCUT2D eigenvalue weighted by atomic mass is 10.1. The molecule has 0 unspecified atom stereocenters. The lowest BCUT2D eigenvalue weighted by Crippen LogP contribution is -2.12. The first-order valence-electron chi connectivity index (χ1n) is 5.85. The zero-order chi connectivity index (χ0) is 14.7. The van der Waals surface area contributed by atoms with Crippen molar-refractivity contribution in [3.05, 3.63) is 63.7 Å². The summed E-state index contributed by atoms with van der Waals surface area (Å²) in [5.74, 6) is 0.840. The summed E-state index contributed by atoms with van der Waals surface area (Å²) in [5.41, 5.74) is 6.83. The van der Waals surface area contributed by atoms with Gasteiger partial charge in [-0.25, -0.2) is 0 Å². The summed E-state index contributed by atoms with van der Waals surface area (Å²) in [6, 6.07) is 11.1. The van der Waals surface area contributed by atoms with E-state index in [4.69, 9.17) is 15.9 Å². The minimum atomic E-state index is -0.474. The van der Waals surface area contributed by atoms with Crippen LogP contribution in [0.3, 0.4) is 0 Å². The van der Waals surface area contributed by atoms with Gasteiger partial charge in [0.1, 0.15) is 17.3 Å². The molecule has 0 heterocycles. The van der Waals surface area contributed by atoms with E-state index < -0.39 is 4.92 Å². The molecule has 0 bridgehead atoms. The summed E-state index contributed by atoms with van der Waals surface area (Å²) in [5, 5.41) is 18.1. The number of nitrogens with one attached hydrogen (secondary N) is 1. The van der Waals surface area contributed by atoms with Crippen LogP contribution in [0.4, 0.5) is 5.69 Å². The van der Waals surface area contributed by atoms with Crippen molar-refractivity contribution in [3.8, 4) is 11.5 Å². The Morgan fingerprint density at radius 1 is 1.25 bits per heavy atom. The van der Waals surface area contributed by atoms with Crippen LogP contribution in [0.25, 0.3) is 0 Å². The van der Waals surface area contributed by atoms with Gasteiger partial charge in [0.15, 0.2) is 0 Å². The van der Waals surface area contributed by atoms with Gasteiger partial charge >= 0.3 is 0 Å². The second kappa shape index (κ2) is 5.40. The predicted molar refractivity (Wildman–Crippen MR) is 75.4 cm³/mol. The molecular weight excluding hydrogens is 258 g/mol. The minimum absolute atomic E-state index is 0.00562. The fourth-order valence-electron chi connectivity index (χ4n) is 1.75. The molecule has 0 aliphatic heterocycles. The standard InChI is InChI=1S/C14H13N3O3/c1-9-3-2-4-12(14(15)16)13(9)20-11-7-5-10(6-8-11)17(18)19/h2-8H,1H3,(H3,15,16). The molecule has 2 aromatic carbocycles. The first kappa shape index (κ1) is 13.5. The second-order valence-electron chi connectivity index (χ2n) is 4.22. The maximum Gasteiger partial charge on any atom is 0.269 e. The summed E-state index contributed by atoms with van der Waals surface area (Å²) >= 11 is 0. The number of nitrogen functional groups attached to an aromatic ring is 1. The second-order valence-corrected chi connectivity index (χ2v) is 4.22. The molecule has 0 aliphatic rings. The van der Waals surface area contributed by atoms with Crippen LogP contribution in [0, 0.1) is 22.4 Å². The number of hydrogen-bond donors (Lipinski definition) is 2. The molecule has 0 aromatic heterocycles. The molecule has 20 heavy (non-hydrogen) atoms. The van der Waals surface area contributed by atoms with Crippen molar-refractivity contribution in [2.45, 2.75) is 6.92 Å². The van der Waals surface area contributed by atoms with Crippen LogP contribution in [-0.4, -0.2) is 10.8 Å². The van der Waals surface area contributed by atoms with Gasteiger partial charge in [-0.05, 0) is 30.7 Å². The van der Waals surface area contributed by atoms with Crippen LogP contribution in [0.1, 0.15) is 11.1 Å². The molecule has 0 saturated carbocycles.